The van der Waals surface area contributed by atoms with Gasteiger partial charge in [-0.2, -0.15) is 0 Å². The van der Waals surface area contributed by atoms with Crippen LogP contribution in [-0.2, 0) is 0 Å². The SMILES string of the molecule is O=C(c1cccc2c1OCCO2)N1C2CCNCC1CC2. The summed E-state index contributed by atoms with van der Waals surface area (Å²) in [7, 11) is 0. The first-order valence-corrected chi connectivity index (χ1v) is 7.76. The van der Waals surface area contributed by atoms with E-state index < -0.39 is 0 Å². The zero-order chi connectivity index (χ0) is 14.2. The van der Waals surface area contributed by atoms with E-state index in [0.717, 1.165) is 32.4 Å². The van der Waals surface area contributed by atoms with Gasteiger partial charge in [-0.3, -0.25) is 4.79 Å². The Labute approximate surface area is 124 Å². The number of rotatable bonds is 1. The number of benzene rings is 1. The number of carbonyl (C=O) groups excluding carboxylic acids is 1. The Bertz CT molecular complexity index is 546. The summed E-state index contributed by atoms with van der Waals surface area (Å²) >= 11 is 0. The van der Waals surface area contributed by atoms with Crippen molar-refractivity contribution < 1.29 is 14.3 Å². The number of nitrogens with one attached hydrogen (secondary N) is 1. The fourth-order valence-corrected chi connectivity index (χ4v) is 3.70. The Morgan fingerprint density at radius 1 is 1.14 bits per heavy atom. The molecule has 21 heavy (non-hydrogen) atoms. The average Bonchev–Trinajstić information content (AvgIpc) is 2.79. The quantitative estimate of drug-likeness (QED) is 0.849. The maximum Gasteiger partial charge on any atom is 0.258 e. The molecule has 2 bridgehead atoms. The van der Waals surface area contributed by atoms with E-state index in [2.05, 4.69) is 10.2 Å². The molecule has 1 aromatic rings. The maximum atomic E-state index is 13.0. The van der Waals surface area contributed by atoms with Crippen LogP contribution in [0.1, 0.15) is 29.6 Å². The van der Waals surface area contributed by atoms with Crippen molar-refractivity contribution in [2.24, 2.45) is 0 Å². The molecule has 112 valence electrons. The van der Waals surface area contributed by atoms with Gasteiger partial charge in [-0.1, -0.05) is 6.07 Å². The highest BCUT2D eigenvalue weighted by Gasteiger charge is 2.39. The molecule has 2 fully saturated rings. The second-order valence-electron chi connectivity index (χ2n) is 5.92. The fraction of sp³-hybridized carbons (Fsp3) is 0.562. The predicted molar refractivity (Wildman–Crippen MR) is 77.9 cm³/mol. The topological polar surface area (TPSA) is 50.8 Å². The molecule has 2 atom stereocenters. The molecule has 1 amide bonds. The molecule has 3 aliphatic rings. The van der Waals surface area contributed by atoms with Crippen LogP contribution < -0.4 is 14.8 Å². The van der Waals surface area contributed by atoms with Gasteiger partial charge in [0.25, 0.3) is 5.91 Å². The van der Waals surface area contributed by atoms with Crippen molar-refractivity contribution in [3.05, 3.63) is 23.8 Å². The second kappa shape index (κ2) is 5.22. The summed E-state index contributed by atoms with van der Waals surface area (Å²) in [5.41, 5.74) is 0.644. The molecule has 1 aromatic carbocycles. The largest absolute Gasteiger partial charge is 0.486 e. The predicted octanol–water partition coefficient (Wildman–Crippen LogP) is 1.42. The average molecular weight is 288 g/mol. The van der Waals surface area contributed by atoms with Crippen LogP contribution >= 0.6 is 0 Å². The standard InChI is InChI=1S/C16H20N2O3/c19-16(18-11-4-5-12(18)10-17-7-6-11)13-2-1-3-14-15(13)21-9-8-20-14/h1-3,11-12,17H,4-10H2. The van der Waals surface area contributed by atoms with Crippen LogP contribution in [-0.4, -0.2) is 49.2 Å². The van der Waals surface area contributed by atoms with Gasteiger partial charge in [-0.05, 0) is 37.9 Å². The number of carbonyl (C=O) groups is 1. The minimum Gasteiger partial charge on any atom is -0.486 e. The third kappa shape index (κ3) is 2.16. The van der Waals surface area contributed by atoms with Gasteiger partial charge in [-0.25, -0.2) is 0 Å². The van der Waals surface area contributed by atoms with E-state index in [0.29, 0.717) is 42.4 Å². The van der Waals surface area contributed by atoms with Crippen molar-refractivity contribution in [3.63, 3.8) is 0 Å². The Morgan fingerprint density at radius 2 is 2.00 bits per heavy atom. The first-order valence-electron chi connectivity index (χ1n) is 7.76. The third-order valence-corrected chi connectivity index (χ3v) is 4.69. The first kappa shape index (κ1) is 13.0. The fourth-order valence-electron chi connectivity index (χ4n) is 3.70. The van der Waals surface area contributed by atoms with E-state index in [9.17, 15) is 4.79 Å². The minimum absolute atomic E-state index is 0.0913. The molecule has 3 heterocycles. The van der Waals surface area contributed by atoms with Crippen LogP contribution in [0.4, 0.5) is 0 Å². The van der Waals surface area contributed by atoms with E-state index in [4.69, 9.17) is 9.47 Å². The molecule has 4 rings (SSSR count). The second-order valence-corrected chi connectivity index (χ2v) is 5.92. The number of amides is 1. The summed E-state index contributed by atoms with van der Waals surface area (Å²) in [6, 6.07) is 6.26. The number of nitrogens with zero attached hydrogens (tertiary/aromatic N) is 1. The van der Waals surface area contributed by atoms with Gasteiger partial charge in [0.05, 0.1) is 5.56 Å². The van der Waals surface area contributed by atoms with Gasteiger partial charge in [-0.15, -0.1) is 0 Å². The molecule has 0 aromatic heterocycles. The monoisotopic (exact) mass is 288 g/mol. The summed E-state index contributed by atoms with van der Waals surface area (Å²) in [5.74, 6) is 1.39. The molecule has 0 aliphatic carbocycles. The van der Waals surface area contributed by atoms with E-state index in [1.54, 1.807) is 0 Å². The lowest BCUT2D eigenvalue weighted by Gasteiger charge is -2.29. The van der Waals surface area contributed by atoms with Crippen molar-refractivity contribution in [2.75, 3.05) is 26.3 Å². The van der Waals surface area contributed by atoms with Crippen LogP contribution in [0.2, 0.25) is 0 Å². The van der Waals surface area contributed by atoms with Crippen LogP contribution in [0.3, 0.4) is 0 Å². The summed E-state index contributed by atoms with van der Waals surface area (Å²) in [5, 5.41) is 3.43. The maximum absolute atomic E-state index is 13.0. The zero-order valence-electron chi connectivity index (χ0n) is 12.0. The molecule has 2 unspecified atom stereocenters. The normalized spacial score (nSPS) is 27.3. The first-order chi connectivity index (χ1) is 10.3. The number of para-hydroxylation sites is 1. The van der Waals surface area contributed by atoms with E-state index in [1.807, 2.05) is 18.2 Å². The van der Waals surface area contributed by atoms with Crippen molar-refractivity contribution in [1.29, 1.82) is 0 Å². The number of fused-ring (bicyclic) bond motifs is 3. The molecule has 1 N–H and O–H groups in total. The number of hydrogen-bond donors (Lipinski definition) is 1. The molecule has 0 spiro atoms. The third-order valence-electron chi connectivity index (χ3n) is 4.69. The smallest absolute Gasteiger partial charge is 0.258 e. The van der Waals surface area contributed by atoms with Gasteiger partial charge in [0.15, 0.2) is 11.5 Å². The Kier molecular flexibility index (Phi) is 3.22. The lowest BCUT2D eigenvalue weighted by molar-refractivity contribution is 0.0670. The van der Waals surface area contributed by atoms with Crippen molar-refractivity contribution in [3.8, 4) is 11.5 Å². The van der Waals surface area contributed by atoms with Gasteiger partial charge >= 0.3 is 0 Å². The van der Waals surface area contributed by atoms with Crippen LogP contribution in [0.5, 0.6) is 11.5 Å². The summed E-state index contributed by atoms with van der Waals surface area (Å²) in [6.45, 7) is 2.95. The Balaban J connectivity index is 1.68. The van der Waals surface area contributed by atoms with Gasteiger partial charge in [0, 0.05) is 18.6 Å². The highest BCUT2D eigenvalue weighted by atomic mass is 16.6. The Hall–Kier alpha value is -1.75. The molecule has 0 radical (unpaired) electrons. The zero-order valence-corrected chi connectivity index (χ0v) is 12.0. The molecule has 3 aliphatic heterocycles. The van der Waals surface area contributed by atoms with Gasteiger partial charge in [0.2, 0.25) is 0 Å². The highest BCUT2D eigenvalue weighted by Crippen LogP contribution is 2.37. The van der Waals surface area contributed by atoms with E-state index in [-0.39, 0.29) is 5.91 Å². The lowest BCUT2D eigenvalue weighted by atomic mass is 10.1. The van der Waals surface area contributed by atoms with Gasteiger partial charge in [0.1, 0.15) is 13.2 Å². The lowest BCUT2D eigenvalue weighted by Crippen LogP contribution is -2.42. The summed E-state index contributed by atoms with van der Waals surface area (Å²) < 4.78 is 11.3. The number of hydrogen-bond acceptors (Lipinski definition) is 4. The van der Waals surface area contributed by atoms with Crippen LogP contribution in [0.15, 0.2) is 18.2 Å². The molecule has 0 saturated carbocycles. The van der Waals surface area contributed by atoms with Crippen molar-refractivity contribution in [1.82, 2.24) is 10.2 Å². The Morgan fingerprint density at radius 3 is 2.95 bits per heavy atom. The minimum atomic E-state index is 0.0913. The van der Waals surface area contributed by atoms with E-state index in [1.165, 1.54) is 0 Å². The van der Waals surface area contributed by atoms with Crippen molar-refractivity contribution in [2.45, 2.75) is 31.3 Å². The van der Waals surface area contributed by atoms with Gasteiger partial charge < -0.3 is 19.7 Å². The van der Waals surface area contributed by atoms with E-state index >= 15 is 0 Å². The highest BCUT2D eigenvalue weighted by molar-refractivity contribution is 5.98. The summed E-state index contributed by atoms with van der Waals surface area (Å²) in [4.78, 5) is 15.1. The number of ether oxygens (including phenoxy) is 2. The molecular formula is C16H20N2O3. The molecule has 5 heteroatoms. The van der Waals surface area contributed by atoms with Crippen LogP contribution in [0.25, 0.3) is 0 Å². The van der Waals surface area contributed by atoms with Crippen LogP contribution in [0, 0.1) is 0 Å². The molecule has 5 nitrogen and oxygen atoms in total. The molecule has 2 saturated heterocycles. The van der Waals surface area contributed by atoms with Crippen molar-refractivity contribution >= 4 is 5.91 Å². The summed E-state index contributed by atoms with van der Waals surface area (Å²) in [6.07, 6.45) is 3.24. The molecular weight excluding hydrogens is 268 g/mol.